The lowest BCUT2D eigenvalue weighted by Gasteiger charge is -2.02. The SMILES string of the molecule is COc1ccc(C=NNc2n[nH]c(=S)n2N)c(O)c1. The molecule has 0 amide bonds. The summed E-state index contributed by atoms with van der Waals surface area (Å²) in [4.78, 5) is 0. The van der Waals surface area contributed by atoms with Crippen LogP contribution >= 0.6 is 12.2 Å². The number of nitrogens with one attached hydrogen (secondary N) is 2. The first kappa shape index (κ1) is 12.9. The second-order valence-corrected chi connectivity index (χ2v) is 3.90. The molecular weight excluding hydrogens is 268 g/mol. The molecule has 2 rings (SSSR count). The Morgan fingerprint density at radius 1 is 1.63 bits per heavy atom. The van der Waals surface area contributed by atoms with Crippen LogP contribution in [0, 0.1) is 4.77 Å². The smallest absolute Gasteiger partial charge is 0.262 e. The maximum atomic E-state index is 9.71. The molecule has 2 aromatic rings. The molecule has 0 aliphatic heterocycles. The number of hydrogen-bond acceptors (Lipinski definition) is 7. The predicted molar refractivity (Wildman–Crippen MR) is 73.4 cm³/mol. The number of hydrazone groups is 1. The Labute approximate surface area is 113 Å². The molecule has 0 saturated heterocycles. The Hall–Kier alpha value is -2.55. The normalized spacial score (nSPS) is 10.8. The average molecular weight is 280 g/mol. The molecule has 0 saturated carbocycles. The number of aromatic amines is 1. The number of phenolic OH excluding ortho intramolecular Hbond substituents is 1. The molecule has 0 aliphatic carbocycles. The third kappa shape index (κ3) is 2.83. The summed E-state index contributed by atoms with van der Waals surface area (Å²) in [5.41, 5.74) is 3.11. The number of phenols is 1. The zero-order chi connectivity index (χ0) is 13.8. The summed E-state index contributed by atoms with van der Waals surface area (Å²) in [5, 5.41) is 19.9. The monoisotopic (exact) mass is 280 g/mol. The first-order valence-electron chi connectivity index (χ1n) is 5.20. The van der Waals surface area contributed by atoms with Gasteiger partial charge < -0.3 is 15.7 Å². The van der Waals surface area contributed by atoms with Crippen LogP contribution in [0.3, 0.4) is 0 Å². The van der Waals surface area contributed by atoms with Crippen LogP contribution in [0.15, 0.2) is 23.3 Å². The molecule has 5 N–H and O–H groups in total. The van der Waals surface area contributed by atoms with Crippen molar-refractivity contribution >= 4 is 24.4 Å². The zero-order valence-electron chi connectivity index (χ0n) is 9.99. The number of hydrogen-bond donors (Lipinski definition) is 4. The molecule has 0 unspecified atom stereocenters. The molecule has 0 bridgehead atoms. The highest BCUT2D eigenvalue weighted by molar-refractivity contribution is 7.71. The molecular formula is C10H12N6O2S. The molecule has 0 spiro atoms. The Kier molecular flexibility index (Phi) is 3.66. The van der Waals surface area contributed by atoms with Crippen molar-refractivity contribution in [1.29, 1.82) is 0 Å². The van der Waals surface area contributed by atoms with Crippen molar-refractivity contribution in [2.75, 3.05) is 18.4 Å². The zero-order valence-corrected chi connectivity index (χ0v) is 10.8. The topological polar surface area (TPSA) is 113 Å². The van der Waals surface area contributed by atoms with Crippen LogP contribution in [0.4, 0.5) is 5.95 Å². The average Bonchev–Trinajstić information content (AvgIpc) is 2.72. The van der Waals surface area contributed by atoms with Gasteiger partial charge in [-0.05, 0) is 24.4 Å². The number of nitrogens with zero attached hydrogens (tertiary/aromatic N) is 3. The highest BCUT2D eigenvalue weighted by Crippen LogP contribution is 2.21. The lowest BCUT2D eigenvalue weighted by atomic mass is 10.2. The molecule has 8 nitrogen and oxygen atoms in total. The molecule has 19 heavy (non-hydrogen) atoms. The molecule has 1 heterocycles. The fraction of sp³-hybridized carbons (Fsp3) is 0.100. The Morgan fingerprint density at radius 2 is 2.42 bits per heavy atom. The number of rotatable bonds is 4. The molecule has 1 aromatic heterocycles. The van der Waals surface area contributed by atoms with E-state index in [1.54, 1.807) is 12.1 Å². The largest absolute Gasteiger partial charge is 0.507 e. The van der Waals surface area contributed by atoms with E-state index in [2.05, 4.69) is 20.7 Å². The summed E-state index contributed by atoms with van der Waals surface area (Å²) in [6.07, 6.45) is 1.42. The van der Waals surface area contributed by atoms with E-state index in [1.807, 2.05) is 0 Å². The first-order chi connectivity index (χ1) is 9.11. The van der Waals surface area contributed by atoms with E-state index in [-0.39, 0.29) is 16.5 Å². The minimum atomic E-state index is 0.0523. The lowest BCUT2D eigenvalue weighted by molar-refractivity contribution is 0.407. The van der Waals surface area contributed by atoms with E-state index < -0.39 is 0 Å². The number of anilines is 1. The van der Waals surface area contributed by atoms with Crippen LogP contribution in [0.25, 0.3) is 0 Å². The van der Waals surface area contributed by atoms with Crippen molar-refractivity contribution in [2.45, 2.75) is 0 Å². The van der Waals surface area contributed by atoms with Gasteiger partial charge in [-0.3, -0.25) is 0 Å². The first-order valence-corrected chi connectivity index (χ1v) is 5.61. The van der Waals surface area contributed by atoms with E-state index in [0.717, 1.165) is 4.68 Å². The van der Waals surface area contributed by atoms with E-state index in [4.69, 9.17) is 22.8 Å². The fourth-order valence-corrected chi connectivity index (χ4v) is 1.43. The van der Waals surface area contributed by atoms with Crippen molar-refractivity contribution in [3.8, 4) is 11.5 Å². The van der Waals surface area contributed by atoms with Crippen molar-refractivity contribution in [3.63, 3.8) is 0 Å². The minimum absolute atomic E-state index is 0.0523. The van der Waals surface area contributed by atoms with Crippen LogP contribution in [0.2, 0.25) is 0 Å². The summed E-state index contributed by atoms with van der Waals surface area (Å²) in [6, 6.07) is 4.86. The van der Waals surface area contributed by atoms with Gasteiger partial charge in [-0.2, -0.15) is 9.78 Å². The number of ether oxygens (including phenoxy) is 1. The van der Waals surface area contributed by atoms with Gasteiger partial charge in [0.15, 0.2) is 0 Å². The van der Waals surface area contributed by atoms with Crippen LogP contribution in [0.5, 0.6) is 11.5 Å². The second-order valence-electron chi connectivity index (χ2n) is 3.52. The second kappa shape index (κ2) is 5.40. The highest BCUT2D eigenvalue weighted by Gasteiger charge is 2.02. The Balaban J connectivity index is 2.11. The number of nitrogens with two attached hydrogens (primary N) is 1. The van der Waals surface area contributed by atoms with Gasteiger partial charge in [0.2, 0.25) is 4.77 Å². The summed E-state index contributed by atoms with van der Waals surface area (Å²) < 4.78 is 6.38. The molecule has 1 aromatic carbocycles. The van der Waals surface area contributed by atoms with Gasteiger partial charge in [0.1, 0.15) is 11.5 Å². The lowest BCUT2D eigenvalue weighted by Crippen LogP contribution is -2.11. The van der Waals surface area contributed by atoms with Gasteiger partial charge in [0.05, 0.1) is 13.3 Å². The number of methoxy groups -OCH3 is 1. The number of nitrogen functional groups attached to an aromatic ring is 1. The van der Waals surface area contributed by atoms with Gasteiger partial charge in [-0.15, -0.1) is 5.10 Å². The molecule has 0 fully saturated rings. The summed E-state index contributed by atoms with van der Waals surface area (Å²) in [7, 11) is 1.52. The Morgan fingerprint density at radius 3 is 3.00 bits per heavy atom. The Bertz CT molecular complexity index is 662. The summed E-state index contributed by atoms with van der Waals surface area (Å²) >= 11 is 4.84. The minimum Gasteiger partial charge on any atom is -0.507 e. The van der Waals surface area contributed by atoms with Gasteiger partial charge in [-0.1, -0.05) is 0 Å². The van der Waals surface area contributed by atoms with Crippen molar-refractivity contribution in [3.05, 3.63) is 28.5 Å². The summed E-state index contributed by atoms with van der Waals surface area (Å²) in [6.45, 7) is 0. The fourth-order valence-electron chi connectivity index (χ4n) is 1.30. The van der Waals surface area contributed by atoms with Crippen molar-refractivity contribution in [2.24, 2.45) is 5.10 Å². The van der Waals surface area contributed by atoms with Gasteiger partial charge in [0.25, 0.3) is 5.95 Å². The number of aromatic nitrogens is 3. The third-order valence-electron chi connectivity index (χ3n) is 2.31. The molecule has 9 heteroatoms. The van der Waals surface area contributed by atoms with Crippen LogP contribution in [-0.4, -0.2) is 33.3 Å². The van der Waals surface area contributed by atoms with Gasteiger partial charge >= 0.3 is 0 Å². The number of benzene rings is 1. The van der Waals surface area contributed by atoms with Gasteiger partial charge in [-0.25, -0.2) is 10.5 Å². The molecule has 0 atom stereocenters. The highest BCUT2D eigenvalue weighted by atomic mass is 32.1. The van der Waals surface area contributed by atoms with Crippen LogP contribution in [-0.2, 0) is 0 Å². The van der Waals surface area contributed by atoms with Crippen molar-refractivity contribution in [1.82, 2.24) is 14.9 Å². The third-order valence-corrected chi connectivity index (χ3v) is 2.60. The van der Waals surface area contributed by atoms with E-state index in [1.165, 1.54) is 19.4 Å². The molecule has 0 radical (unpaired) electrons. The quantitative estimate of drug-likeness (QED) is 0.285. The maximum Gasteiger partial charge on any atom is 0.262 e. The van der Waals surface area contributed by atoms with Crippen LogP contribution < -0.4 is 16.0 Å². The standard InChI is InChI=1S/C10H12N6O2S/c1-18-7-3-2-6(8(17)4-7)5-12-13-9-14-15-10(19)16(9)11/h2-5,17H,11H2,1H3,(H,13,14)(H,15,19). The maximum absolute atomic E-state index is 9.71. The van der Waals surface area contributed by atoms with E-state index >= 15 is 0 Å². The van der Waals surface area contributed by atoms with E-state index in [0.29, 0.717) is 11.3 Å². The predicted octanol–water partition coefficient (Wildman–Crippen LogP) is 0.815. The van der Waals surface area contributed by atoms with Crippen molar-refractivity contribution < 1.29 is 9.84 Å². The number of H-pyrrole nitrogens is 1. The molecule has 100 valence electrons. The number of aromatic hydroxyl groups is 1. The van der Waals surface area contributed by atoms with Gasteiger partial charge in [0, 0.05) is 11.6 Å². The van der Waals surface area contributed by atoms with Crippen LogP contribution in [0.1, 0.15) is 5.56 Å². The molecule has 0 aliphatic rings. The van der Waals surface area contributed by atoms with E-state index in [9.17, 15) is 5.11 Å². The summed E-state index contributed by atoms with van der Waals surface area (Å²) in [5.74, 6) is 6.44.